The number of benzene rings is 4. The number of halogens is 1. The Kier molecular flexibility index (Phi) is 9.23. The van der Waals surface area contributed by atoms with E-state index in [4.69, 9.17) is 25.8 Å². The van der Waals surface area contributed by atoms with Crippen LogP contribution in [0.3, 0.4) is 0 Å². The highest BCUT2D eigenvalue weighted by Crippen LogP contribution is 2.37. The maximum Gasteiger partial charge on any atom is 0.343 e. The number of para-hydroxylation sites is 2. The first-order valence-electron chi connectivity index (χ1n) is 13.8. The van der Waals surface area contributed by atoms with Crippen molar-refractivity contribution in [3.63, 3.8) is 0 Å². The topological polar surface area (TPSA) is 126 Å². The molecule has 0 unspecified atom stereocenters. The lowest BCUT2D eigenvalue weighted by Crippen LogP contribution is -2.19. The van der Waals surface area contributed by atoms with Crippen LogP contribution in [-0.2, 0) is 0 Å². The molecule has 2 N–H and O–H groups in total. The van der Waals surface area contributed by atoms with E-state index in [1.807, 2.05) is 26.0 Å². The van der Waals surface area contributed by atoms with E-state index in [1.54, 1.807) is 72.8 Å². The molecule has 1 amide bonds. The lowest BCUT2D eigenvalue weighted by atomic mass is 10.0. The highest BCUT2D eigenvalue weighted by atomic mass is 35.5. The van der Waals surface area contributed by atoms with Gasteiger partial charge in [-0.05, 0) is 56.3 Å². The van der Waals surface area contributed by atoms with Gasteiger partial charge in [0.2, 0.25) is 0 Å². The lowest BCUT2D eigenvalue weighted by molar-refractivity contribution is 0.0733. The number of aromatic amines is 1. The molecule has 0 spiro atoms. The third-order valence-corrected chi connectivity index (χ3v) is 6.92. The van der Waals surface area contributed by atoms with Gasteiger partial charge in [-0.25, -0.2) is 10.2 Å². The minimum Gasteiger partial charge on any atom is -0.490 e. The van der Waals surface area contributed by atoms with Crippen molar-refractivity contribution in [3.05, 3.63) is 112 Å². The molecule has 9 nitrogen and oxygen atoms in total. The van der Waals surface area contributed by atoms with Gasteiger partial charge in [0, 0.05) is 27.1 Å². The second-order valence-electron chi connectivity index (χ2n) is 9.35. The predicted octanol–water partition coefficient (Wildman–Crippen LogP) is 7.14. The largest absolute Gasteiger partial charge is 0.490 e. The summed E-state index contributed by atoms with van der Waals surface area (Å²) in [5.41, 5.74) is 5.52. The van der Waals surface area contributed by atoms with Crippen LogP contribution in [0.5, 0.6) is 17.2 Å². The van der Waals surface area contributed by atoms with Gasteiger partial charge in [-0.3, -0.25) is 4.79 Å². The molecule has 0 aliphatic rings. The molecule has 1 heterocycles. The van der Waals surface area contributed by atoms with Crippen molar-refractivity contribution in [1.29, 1.82) is 5.26 Å². The van der Waals surface area contributed by atoms with E-state index in [1.165, 1.54) is 6.21 Å². The third-order valence-electron chi connectivity index (χ3n) is 6.59. The zero-order valence-electron chi connectivity index (χ0n) is 23.9. The maximum absolute atomic E-state index is 13.4. The van der Waals surface area contributed by atoms with Crippen LogP contribution in [-0.4, -0.2) is 36.3 Å². The quantitative estimate of drug-likeness (QED) is 0.0753. The molecular weight excluding hydrogens is 580 g/mol. The molecule has 1 aromatic heterocycles. The molecule has 0 saturated heterocycles. The first kappa shape index (κ1) is 29.9. The zero-order chi connectivity index (χ0) is 31.1. The second-order valence-corrected chi connectivity index (χ2v) is 9.76. The van der Waals surface area contributed by atoms with E-state index >= 15 is 0 Å². The predicted molar refractivity (Wildman–Crippen MR) is 169 cm³/mol. The van der Waals surface area contributed by atoms with Crippen LogP contribution >= 0.6 is 11.6 Å². The number of aromatic nitrogens is 1. The monoisotopic (exact) mass is 606 g/mol. The number of rotatable bonds is 10. The smallest absolute Gasteiger partial charge is 0.343 e. The fraction of sp³-hybridized carbons (Fsp3) is 0.118. The van der Waals surface area contributed by atoms with Crippen molar-refractivity contribution in [2.75, 3.05) is 13.2 Å². The molecule has 0 fully saturated rings. The van der Waals surface area contributed by atoms with Gasteiger partial charge in [-0.1, -0.05) is 54.1 Å². The molecule has 0 radical (unpaired) electrons. The van der Waals surface area contributed by atoms with Gasteiger partial charge in [0.1, 0.15) is 17.5 Å². The molecule has 4 aromatic carbocycles. The minimum atomic E-state index is -0.602. The summed E-state index contributed by atoms with van der Waals surface area (Å²) < 4.78 is 16.9. The van der Waals surface area contributed by atoms with Crippen LogP contribution in [0, 0.1) is 11.3 Å². The highest BCUT2D eigenvalue weighted by molar-refractivity contribution is 6.34. The molecule has 0 aliphatic carbocycles. The summed E-state index contributed by atoms with van der Waals surface area (Å²) in [5, 5.41) is 14.9. The molecule has 0 saturated carbocycles. The molecule has 0 atom stereocenters. The fourth-order valence-electron chi connectivity index (χ4n) is 4.66. The molecule has 0 bridgehead atoms. The normalized spacial score (nSPS) is 10.9. The van der Waals surface area contributed by atoms with Gasteiger partial charge in [-0.2, -0.15) is 10.4 Å². The summed E-state index contributed by atoms with van der Waals surface area (Å²) in [6, 6.07) is 26.1. The number of nitrogens with one attached hydrogen (secondary N) is 2. The van der Waals surface area contributed by atoms with E-state index < -0.39 is 11.9 Å². The fourth-order valence-corrected chi connectivity index (χ4v) is 4.89. The maximum atomic E-state index is 13.4. The molecular formula is C34H27ClN4O5. The average molecular weight is 607 g/mol. The number of H-pyrrole nitrogens is 1. The number of carbonyl (C=O) groups excluding carboxylic acids is 2. The number of amides is 1. The van der Waals surface area contributed by atoms with Gasteiger partial charge in [0.05, 0.1) is 36.1 Å². The Morgan fingerprint density at radius 3 is 2.45 bits per heavy atom. The van der Waals surface area contributed by atoms with Crippen LogP contribution in [0.25, 0.3) is 22.0 Å². The van der Waals surface area contributed by atoms with E-state index in [0.717, 1.165) is 0 Å². The van der Waals surface area contributed by atoms with Crippen LogP contribution in [0.15, 0.2) is 90.0 Å². The third kappa shape index (κ3) is 6.26. The van der Waals surface area contributed by atoms with Crippen LogP contribution in [0.4, 0.5) is 0 Å². The average Bonchev–Trinajstić information content (AvgIpc) is 3.43. The van der Waals surface area contributed by atoms with Crippen LogP contribution in [0.1, 0.15) is 45.8 Å². The first-order valence-corrected chi connectivity index (χ1v) is 14.2. The summed E-state index contributed by atoms with van der Waals surface area (Å²) in [5.74, 6) is 0.0589. The Morgan fingerprint density at radius 1 is 0.932 bits per heavy atom. The summed E-state index contributed by atoms with van der Waals surface area (Å²) in [6.07, 6.45) is 1.38. The Labute approximate surface area is 258 Å². The number of hydrogen-bond donors (Lipinski definition) is 2. The van der Waals surface area contributed by atoms with E-state index in [9.17, 15) is 14.9 Å². The Morgan fingerprint density at radius 2 is 1.68 bits per heavy atom. The van der Waals surface area contributed by atoms with Gasteiger partial charge in [-0.15, -0.1) is 0 Å². The number of hydrogen-bond acceptors (Lipinski definition) is 7. The molecule has 5 rings (SSSR count). The molecule has 0 aliphatic heterocycles. The SMILES string of the molecule is CCOc1ccc(C(=O)Oc2ccccc2C=NNC(=O)c2[nH]c3c(C#N)cccc3c2-c2ccccc2Cl)cc1OCC. The number of fused-ring (bicyclic) bond motifs is 1. The van der Waals surface area contributed by atoms with Crippen molar-refractivity contribution in [2.45, 2.75) is 13.8 Å². The van der Waals surface area contributed by atoms with Gasteiger partial charge < -0.3 is 19.2 Å². The molecule has 44 heavy (non-hydrogen) atoms. The summed E-state index contributed by atoms with van der Waals surface area (Å²) >= 11 is 6.51. The standard InChI is InChI=1S/C34H27ClN4O5/c1-3-42-28-17-16-21(18-29(28)43-4-2)34(41)44-27-15-8-5-10-23(27)20-37-39-33(40)32-30(24-12-6-7-14-26(24)35)25-13-9-11-22(19-36)31(25)38-32/h5-18,20,38H,3-4H2,1-2H3,(H,39,40). The highest BCUT2D eigenvalue weighted by Gasteiger charge is 2.22. The van der Waals surface area contributed by atoms with Gasteiger partial charge >= 0.3 is 5.97 Å². The molecule has 10 heteroatoms. The van der Waals surface area contributed by atoms with Crippen LogP contribution in [0.2, 0.25) is 5.02 Å². The summed E-state index contributed by atoms with van der Waals surface area (Å²) in [7, 11) is 0. The van der Waals surface area contributed by atoms with Crippen LogP contribution < -0.4 is 19.6 Å². The Balaban J connectivity index is 1.39. The molecule has 220 valence electrons. The van der Waals surface area contributed by atoms with Crippen molar-refractivity contribution in [2.24, 2.45) is 5.10 Å². The summed E-state index contributed by atoms with van der Waals surface area (Å²) in [4.78, 5) is 29.5. The van der Waals surface area contributed by atoms with E-state index in [2.05, 4.69) is 21.6 Å². The van der Waals surface area contributed by atoms with Gasteiger partial charge in [0.25, 0.3) is 5.91 Å². The number of nitrogens with zero attached hydrogens (tertiary/aromatic N) is 2. The number of hydrazone groups is 1. The van der Waals surface area contributed by atoms with Gasteiger partial charge in [0.15, 0.2) is 11.5 Å². The second kappa shape index (κ2) is 13.6. The molecule has 5 aromatic rings. The van der Waals surface area contributed by atoms with E-state index in [-0.39, 0.29) is 17.0 Å². The number of ether oxygens (including phenoxy) is 3. The summed E-state index contributed by atoms with van der Waals surface area (Å²) in [6.45, 7) is 4.56. The Bertz CT molecular complexity index is 1930. The zero-order valence-corrected chi connectivity index (χ0v) is 24.6. The number of carbonyl (C=O) groups is 2. The lowest BCUT2D eigenvalue weighted by Gasteiger charge is -2.12. The number of nitriles is 1. The van der Waals surface area contributed by atoms with Crippen molar-refractivity contribution in [3.8, 4) is 34.4 Å². The minimum absolute atomic E-state index is 0.188. The van der Waals surface area contributed by atoms with Crippen molar-refractivity contribution >= 4 is 40.6 Å². The number of esters is 1. The Hall–Kier alpha value is -5.59. The first-order chi connectivity index (χ1) is 21.4. The van der Waals surface area contributed by atoms with Crippen molar-refractivity contribution < 1.29 is 23.8 Å². The van der Waals surface area contributed by atoms with Crippen molar-refractivity contribution in [1.82, 2.24) is 10.4 Å². The van der Waals surface area contributed by atoms with E-state index in [0.29, 0.717) is 62.9 Å².